The predicted octanol–water partition coefficient (Wildman–Crippen LogP) is 4.17. The highest BCUT2D eigenvalue weighted by atomic mass is 35.5. The van der Waals surface area contributed by atoms with Gasteiger partial charge in [0.25, 0.3) is 5.91 Å². The standard InChI is InChI=1S/C21H21ClFN5O2/c1-13-12-18(27-14-6-8-15(30-2)9-7-14)28-21(26-13)25-11-10-24-20(29)19-16(22)4-3-5-17(19)23/h3-9,12H,10-11H2,1-2H3,(H,24,29)(H2,25,26,27,28). The molecule has 0 saturated carbocycles. The molecule has 1 aromatic heterocycles. The Balaban J connectivity index is 1.56. The van der Waals surface area contributed by atoms with E-state index in [2.05, 4.69) is 25.9 Å². The molecule has 0 unspecified atom stereocenters. The van der Waals surface area contributed by atoms with Crippen LogP contribution in [0.25, 0.3) is 0 Å². The van der Waals surface area contributed by atoms with E-state index in [1.165, 1.54) is 18.2 Å². The molecule has 0 saturated heterocycles. The minimum Gasteiger partial charge on any atom is -0.497 e. The molecule has 156 valence electrons. The molecule has 2 aromatic carbocycles. The Kier molecular flexibility index (Phi) is 7.03. The molecule has 0 spiro atoms. The van der Waals surface area contributed by atoms with E-state index in [-0.39, 0.29) is 17.1 Å². The van der Waals surface area contributed by atoms with E-state index in [0.29, 0.717) is 18.3 Å². The molecular weight excluding hydrogens is 409 g/mol. The van der Waals surface area contributed by atoms with E-state index < -0.39 is 11.7 Å². The summed E-state index contributed by atoms with van der Waals surface area (Å²) in [6.07, 6.45) is 0. The average molecular weight is 430 g/mol. The number of hydrogen-bond donors (Lipinski definition) is 3. The number of aromatic nitrogens is 2. The van der Waals surface area contributed by atoms with Gasteiger partial charge in [-0.05, 0) is 43.3 Å². The Morgan fingerprint density at radius 1 is 1.13 bits per heavy atom. The van der Waals surface area contributed by atoms with Gasteiger partial charge in [0, 0.05) is 30.5 Å². The van der Waals surface area contributed by atoms with Gasteiger partial charge in [-0.2, -0.15) is 4.98 Å². The average Bonchev–Trinajstić information content (AvgIpc) is 2.71. The zero-order valence-electron chi connectivity index (χ0n) is 16.5. The van der Waals surface area contributed by atoms with Crippen molar-refractivity contribution in [1.29, 1.82) is 0 Å². The first-order chi connectivity index (χ1) is 14.5. The number of ether oxygens (including phenoxy) is 1. The molecular formula is C21H21ClFN5O2. The molecule has 3 N–H and O–H groups in total. The fourth-order valence-corrected chi connectivity index (χ4v) is 2.94. The van der Waals surface area contributed by atoms with Crippen molar-refractivity contribution < 1.29 is 13.9 Å². The molecule has 0 aliphatic carbocycles. The van der Waals surface area contributed by atoms with Crippen LogP contribution in [-0.2, 0) is 0 Å². The summed E-state index contributed by atoms with van der Waals surface area (Å²) in [5, 5.41) is 8.94. The number of carbonyl (C=O) groups is 1. The van der Waals surface area contributed by atoms with E-state index >= 15 is 0 Å². The lowest BCUT2D eigenvalue weighted by molar-refractivity contribution is 0.0951. The van der Waals surface area contributed by atoms with E-state index in [1.807, 2.05) is 37.3 Å². The van der Waals surface area contributed by atoms with Crippen LogP contribution >= 0.6 is 11.6 Å². The summed E-state index contributed by atoms with van der Waals surface area (Å²) in [5.41, 5.74) is 1.46. The highest BCUT2D eigenvalue weighted by molar-refractivity contribution is 6.33. The van der Waals surface area contributed by atoms with Crippen molar-refractivity contribution in [3.8, 4) is 5.75 Å². The maximum atomic E-state index is 13.8. The van der Waals surface area contributed by atoms with Crippen molar-refractivity contribution in [2.24, 2.45) is 0 Å². The molecule has 1 heterocycles. The molecule has 3 rings (SSSR count). The number of halogens is 2. The van der Waals surface area contributed by atoms with Gasteiger partial charge in [0.2, 0.25) is 5.95 Å². The minimum atomic E-state index is -0.663. The van der Waals surface area contributed by atoms with Gasteiger partial charge in [-0.1, -0.05) is 17.7 Å². The third-order valence-electron chi connectivity index (χ3n) is 4.10. The van der Waals surface area contributed by atoms with Crippen molar-refractivity contribution in [2.45, 2.75) is 6.92 Å². The van der Waals surface area contributed by atoms with Gasteiger partial charge in [-0.3, -0.25) is 4.79 Å². The number of aryl methyl sites for hydroxylation is 1. The predicted molar refractivity (Wildman–Crippen MR) is 115 cm³/mol. The maximum absolute atomic E-state index is 13.8. The Morgan fingerprint density at radius 2 is 1.90 bits per heavy atom. The zero-order valence-corrected chi connectivity index (χ0v) is 17.3. The number of methoxy groups -OCH3 is 1. The largest absolute Gasteiger partial charge is 0.497 e. The highest BCUT2D eigenvalue weighted by Gasteiger charge is 2.15. The van der Waals surface area contributed by atoms with Gasteiger partial charge in [0.15, 0.2) is 0 Å². The normalized spacial score (nSPS) is 10.4. The van der Waals surface area contributed by atoms with Crippen LogP contribution in [0.4, 0.5) is 21.8 Å². The molecule has 0 fully saturated rings. The van der Waals surface area contributed by atoms with Crippen LogP contribution in [-0.4, -0.2) is 36.1 Å². The molecule has 1 amide bonds. The highest BCUT2D eigenvalue weighted by Crippen LogP contribution is 2.20. The second-order valence-corrected chi connectivity index (χ2v) is 6.76. The smallest absolute Gasteiger partial charge is 0.255 e. The minimum absolute atomic E-state index is 0.0664. The van der Waals surface area contributed by atoms with Gasteiger partial charge in [0.05, 0.1) is 17.7 Å². The van der Waals surface area contributed by atoms with Crippen molar-refractivity contribution >= 4 is 35.0 Å². The summed E-state index contributed by atoms with van der Waals surface area (Å²) in [6, 6.07) is 13.4. The monoisotopic (exact) mass is 429 g/mol. The summed E-state index contributed by atoms with van der Waals surface area (Å²) in [4.78, 5) is 20.9. The summed E-state index contributed by atoms with van der Waals surface area (Å²) < 4.78 is 18.9. The number of carbonyl (C=O) groups excluding carboxylic acids is 1. The lowest BCUT2D eigenvalue weighted by Crippen LogP contribution is -2.30. The van der Waals surface area contributed by atoms with E-state index in [0.717, 1.165) is 17.1 Å². The van der Waals surface area contributed by atoms with Crippen LogP contribution in [0.2, 0.25) is 5.02 Å². The van der Waals surface area contributed by atoms with Crippen molar-refractivity contribution in [3.63, 3.8) is 0 Å². The molecule has 30 heavy (non-hydrogen) atoms. The third kappa shape index (κ3) is 5.57. The summed E-state index contributed by atoms with van der Waals surface area (Å²) in [7, 11) is 1.61. The lowest BCUT2D eigenvalue weighted by Gasteiger charge is -2.11. The van der Waals surface area contributed by atoms with Crippen LogP contribution in [0.1, 0.15) is 16.1 Å². The molecule has 0 aliphatic heterocycles. The molecule has 7 nitrogen and oxygen atoms in total. The first-order valence-corrected chi connectivity index (χ1v) is 9.57. The summed E-state index contributed by atoms with van der Waals surface area (Å²) in [5.74, 6) is 0.554. The third-order valence-corrected chi connectivity index (χ3v) is 4.42. The number of hydrogen-bond acceptors (Lipinski definition) is 6. The van der Waals surface area contributed by atoms with Crippen molar-refractivity contribution in [3.05, 3.63) is 70.6 Å². The number of rotatable bonds is 8. The lowest BCUT2D eigenvalue weighted by atomic mass is 10.2. The van der Waals surface area contributed by atoms with Gasteiger partial charge < -0.3 is 20.7 Å². The number of benzene rings is 2. The number of nitrogens with zero attached hydrogens (tertiary/aromatic N) is 2. The van der Waals surface area contributed by atoms with Crippen molar-refractivity contribution in [1.82, 2.24) is 15.3 Å². The number of nitrogens with one attached hydrogen (secondary N) is 3. The summed E-state index contributed by atoms with van der Waals surface area (Å²) >= 11 is 5.90. The second kappa shape index (κ2) is 9.89. The quantitative estimate of drug-likeness (QED) is 0.466. The van der Waals surface area contributed by atoms with Crippen LogP contribution < -0.4 is 20.7 Å². The molecule has 3 aromatic rings. The Labute approximate surface area is 178 Å². The van der Waals surface area contributed by atoms with Gasteiger partial charge in [0.1, 0.15) is 17.4 Å². The number of amides is 1. The summed E-state index contributed by atoms with van der Waals surface area (Å²) in [6.45, 7) is 2.44. The topological polar surface area (TPSA) is 88.2 Å². The zero-order chi connectivity index (χ0) is 21.5. The van der Waals surface area contributed by atoms with Crippen LogP contribution in [0.15, 0.2) is 48.5 Å². The maximum Gasteiger partial charge on any atom is 0.255 e. The Hall–Kier alpha value is -3.39. The van der Waals surface area contributed by atoms with E-state index in [9.17, 15) is 9.18 Å². The SMILES string of the molecule is COc1ccc(Nc2cc(C)nc(NCCNC(=O)c3c(F)cccc3Cl)n2)cc1. The van der Waals surface area contributed by atoms with Crippen molar-refractivity contribution in [2.75, 3.05) is 30.8 Å². The molecule has 0 radical (unpaired) electrons. The van der Waals surface area contributed by atoms with Crippen LogP contribution in [0.5, 0.6) is 5.75 Å². The Bertz CT molecular complexity index is 1010. The fourth-order valence-electron chi connectivity index (χ4n) is 2.69. The van der Waals surface area contributed by atoms with E-state index in [4.69, 9.17) is 16.3 Å². The van der Waals surface area contributed by atoms with Gasteiger partial charge in [-0.25, -0.2) is 9.37 Å². The van der Waals surface area contributed by atoms with E-state index in [1.54, 1.807) is 7.11 Å². The second-order valence-electron chi connectivity index (χ2n) is 6.35. The van der Waals surface area contributed by atoms with Crippen LogP contribution in [0, 0.1) is 12.7 Å². The van der Waals surface area contributed by atoms with Gasteiger partial charge in [-0.15, -0.1) is 0 Å². The first kappa shape index (κ1) is 21.3. The first-order valence-electron chi connectivity index (χ1n) is 9.19. The molecule has 0 aliphatic rings. The molecule has 9 heteroatoms. The van der Waals surface area contributed by atoms with Crippen LogP contribution in [0.3, 0.4) is 0 Å². The molecule has 0 atom stereocenters. The molecule has 0 bridgehead atoms. The van der Waals surface area contributed by atoms with Gasteiger partial charge >= 0.3 is 0 Å². The Morgan fingerprint density at radius 3 is 2.60 bits per heavy atom. The fraction of sp³-hybridized carbons (Fsp3) is 0.190. The number of anilines is 3.